The number of aromatic nitrogens is 1. The molecule has 0 saturated heterocycles. The normalized spacial score (nSPS) is 11.0. The number of rotatable bonds is 5. The highest BCUT2D eigenvalue weighted by Gasteiger charge is 2.15. The van der Waals surface area contributed by atoms with Crippen LogP contribution in [0.15, 0.2) is 51.9 Å². The molecule has 0 unspecified atom stereocenters. The van der Waals surface area contributed by atoms with Gasteiger partial charge in [-0.05, 0) is 47.9 Å². The molecule has 0 bridgehead atoms. The summed E-state index contributed by atoms with van der Waals surface area (Å²) < 4.78 is 2.48. The topological polar surface area (TPSA) is 79.5 Å². The van der Waals surface area contributed by atoms with E-state index in [-0.39, 0.29) is 18.7 Å². The smallest absolute Gasteiger partial charge is 0.341 e. The Kier molecular flexibility index (Phi) is 5.46. The highest BCUT2D eigenvalue weighted by Crippen LogP contribution is 2.25. The molecule has 134 valence electrons. The van der Waals surface area contributed by atoms with Gasteiger partial charge in [0.25, 0.3) is 0 Å². The van der Waals surface area contributed by atoms with Crippen LogP contribution in [0.1, 0.15) is 21.5 Å². The van der Waals surface area contributed by atoms with Crippen molar-refractivity contribution in [3.63, 3.8) is 0 Å². The molecule has 0 spiro atoms. The number of carbonyl (C=O) groups is 1. The van der Waals surface area contributed by atoms with E-state index in [9.17, 15) is 19.8 Å². The van der Waals surface area contributed by atoms with Gasteiger partial charge in [0.05, 0.1) is 12.1 Å². The number of benzene rings is 2. The van der Waals surface area contributed by atoms with Crippen molar-refractivity contribution in [2.75, 3.05) is 6.61 Å². The molecule has 5 nitrogen and oxygen atoms in total. The minimum absolute atomic E-state index is 0.160. The summed E-state index contributed by atoms with van der Waals surface area (Å²) in [5, 5.41) is 19.4. The van der Waals surface area contributed by atoms with Crippen LogP contribution in [0, 0.1) is 0 Å². The molecule has 7 heteroatoms. The van der Waals surface area contributed by atoms with Gasteiger partial charge in [-0.2, -0.15) is 0 Å². The van der Waals surface area contributed by atoms with E-state index in [1.807, 2.05) is 18.2 Å². The summed E-state index contributed by atoms with van der Waals surface area (Å²) in [6, 6.07) is 10.9. The third kappa shape index (κ3) is 3.67. The zero-order chi connectivity index (χ0) is 18.8. The van der Waals surface area contributed by atoms with Crippen molar-refractivity contribution >= 4 is 44.4 Å². The van der Waals surface area contributed by atoms with Crippen LogP contribution in [0.5, 0.6) is 0 Å². The first-order valence-electron chi connectivity index (χ1n) is 7.85. The maximum absolute atomic E-state index is 12.6. The van der Waals surface area contributed by atoms with Crippen LogP contribution in [0.3, 0.4) is 0 Å². The van der Waals surface area contributed by atoms with Gasteiger partial charge < -0.3 is 14.8 Å². The van der Waals surface area contributed by atoms with E-state index >= 15 is 0 Å². The van der Waals surface area contributed by atoms with E-state index in [0.29, 0.717) is 22.3 Å². The largest absolute Gasteiger partial charge is 0.477 e. The minimum atomic E-state index is -1.29. The molecule has 0 atom stereocenters. The van der Waals surface area contributed by atoms with Gasteiger partial charge in [-0.3, -0.25) is 4.79 Å². The van der Waals surface area contributed by atoms with E-state index in [2.05, 4.69) is 15.9 Å². The second kappa shape index (κ2) is 7.61. The lowest BCUT2D eigenvalue weighted by Gasteiger charge is -2.12. The number of hydrogen-bond acceptors (Lipinski definition) is 3. The molecule has 1 aromatic heterocycles. The van der Waals surface area contributed by atoms with Gasteiger partial charge in [0, 0.05) is 27.6 Å². The molecule has 3 aromatic rings. The molecule has 0 aliphatic heterocycles. The Hall–Kier alpha value is -2.15. The number of pyridine rings is 1. The number of carboxylic acids is 1. The molecule has 0 saturated carbocycles. The van der Waals surface area contributed by atoms with Gasteiger partial charge >= 0.3 is 5.97 Å². The fourth-order valence-electron chi connectivity index (χ4n) is 2.90. The number of halogens is 2. The molecular weight excluding hydrogens is 422 g/mol. The average molecular weight is 437 g/mol. The number of nitrogens with zero attached hydrogens (tertiary/aromatic N) is 1. The van der Waals surface area contributed by atoms with Gasteiger partial charge in [0.2, 0.25) is 5.43 Å². The Bertz CT molecular complexity index is 1060. The SMILES string of the molecule is O=C(O)c1cn(CCO)c2ccc(Cc3cc(Br)ccc3Cl)cc2c1=O. The second-order valence-corrected chi connectivity index (χ2v) is 7.18. The van der Waals surface area contributed by atoms with Crippen LogP contribution in [0.2, 0.25) is 5.02 Å². The van der Waals surface area contributed by atoms with Gasteiger partial charge in [-0.15, -0.1) is 0 Å². The van der Waals surface area contributed by atoms with Crippen LogP contribution >= 0.6 is 27.5 Å². The number of aliphatic hydroxyl groups is 1. The lowest BCUT2D eigenvalue weighted by molar-refractivity contribution is 0.0694. The standard InChI is InChI=1S/C19H15BrClNO4/c20-13-2-3-16(21)12(9-13)7-11-1-4-17-14(8-11)18(24)15(19(25)26)10-22(17)5-6-23/h1-4,8-10,23H,5-7H2,(H,25,26). The maximum atomic E-state index is 12.6. The molecule has 0 amide bonds. The molecular formula is C19H15BrClNO4. The number of fused-ring (bicyclic) bond motifs is 1. The van der Waals surface area contributed by atoms with E-state index in [1.54, 1.807) is 22.8 Å². The van der Waals surface area contributed by atoms with Crippen molar-refractivity contribution < 1.29 is 15.0 Å². The first-order chi connectivity index (χ1) is 12.4. The maximum Gasteiger partial charge on any atom is 0.341 e. The quantitative estimate of drug-likeness (QED) is 0.639. The Morgan fingerprint density at radius 2 is 1.96 bits per heavy atom. The molecule has 0 radical (unpaired) electrons. The number of aromatic carboxylic acids is 1. The molecule has 2 N–H and O–H groups in total. The van der Waals surface area contributed by atoms with Gasteiger partial charge in [-0.1, -0.05) is 33.6 Å². The highest BCUT2D eigenvalue weighted by molar-refractivity contribution is 9.10. The molecule has 3 rings (SSSR count). The molecule has 0 fully saturated rings. The molecule has 0 aliphatic carbocycles. The number of aliphatic hydroxyl groups excluding tert-OH is 1. The predicted molar refractivity (Wildman–Crippen MR) is 104 cm³/mol. The Labute approximate surface area is 162 Å². The fourth-order valence-corrected chi connectivity index (χ4v) is 3.49. The summed E-state index contributed by atoms with van der Waals surface area (Å²) in [4.78, 5) is 23.9. The van der Waals surface area contributed by atoms with Crippen LogP contribution in [-0.4, -0.2) is 27.4 Å². The number of hydrogen-bond donors (Lipinski definition) is 2. The van der Waals surface area contributed by atoms with Crippen molar-refractivity contribution in [1.29, 1.82) is 0 Å². The molecule has 1 heterocycles. The van der Waals surface area contributed by atoms with Crippen LogP contribution in [0.25, 0.3) is 10.9 Å². The molecule has 26 heavy (non-hydrogen) atoms. The van der Waals surface area contributed by atoms with Crippen LogP contribution in [0.4, 0.5) is 0 Å². The van der Waals surface area contributed by atoms with E-state index < -0.39 is 11.4 Å². The van der Waals surface area contributed by atoms with Gasteiger partial charge in [0.1, 0.15) is 5.56 Å². The van der Waals surface area contributed by atoms with Crippen molar-refractivity contribution in [1.82, 2.24) is 4.57 Å². The fraction of sp³-hybridized carbons (Fsp3) is 0.158. The van der Waals surface area contributed by atoms with Gasteiger partial charge in [0.15, 0.2) is 0 Å². The van der Waals surface area contributed by atoms with Crippen LogP contribution in [-0.2, 0) is 13.0 Å². The summed E-state index contributed by atoms with van der Waals surface area (Å²) >= 11 is 9.65. The predicted octanol–water partition coefficient (Wildman–Crippen LogP) is 3.70. The second-order valence-electron chi connectivity index (χ2n) is 5.86. The first-order valence-corrected chi connectivity index (χ1v) is 9.02. The minimum Gasteiger partial charge on any atom is -0.477 e. The zero-order valence-corrected chi connectivity index (χ0v) is 15.9. The number of carboxylic acid groups (broad SMARTS) is 1. The summed E-state index contributed by atoms with van der Waals surface area (Å²) in [6.07, 6.45) is 1.78. The lowest BCUT2D eigenvalue weighted by Crippen LogP contribution is -2.19. The van der Waals surface area contributed by atoms with Crippen LogP contribution < -0.4 is 5.43 Å². The van der Waals surface area contributed by atoms with E-state index in [1.165, 1.54) is 6.20 Å². The van der Waals surface area contributed by atoms with Gasteiger partial charge in [-0.25, -0.2) is 4.79 Å². The highest BCUT2D eigenvalue weighted by atomic mass is 79.9. The average Bonchev–Trinajstić information content (AvgIpc) is 2.60. The third-order valence-electron chi connectivity index (χ3n) is 4.12. The first kappa shape index (κ1) is 18.6. The Morgan fingerprint density at radius 3 is 2.65 bits per heavy atom. The Morgan fingerprint density at radius 1 is 1.19 bits per heavy atom. The van der Waals surface area contributed by atoms with Crippen molar-refractivity contribution in [3.8, 4) is 0 Å². The molecule has 0 aliphatic rings. The monoisotopic (exact) mass is 435 g/mol. The van der Waals surface area contributed by atoms with E-state index in [0.717, 1.165) is 15.6 Å². The third-order valence-corrected chi connectivity index (χ3v) is 4.98. The van der Waals surface area contributed by atoms with E-state index in [4.69, 9.17) is 11.6 Å². The summed E-state index contributed by atoms with van der Waals surface area (Å²) in [7, 11) is 0. The summed E-state index contributed by atoms with van der Waals surface area (Å²) in [6.45, 7) is 0.0420. The van der Waals surface area contributed by atoms with Crippen molar-refractivity contribution in [2.24, 2.45) is 0 Å². The van der Waals surface area contributed by atoms with Crippen molar-refractivity contribution in [2.45, 2.75) is 13.0 Å². The Balaban J connectivity index is 2.15. The summed E-state index contributed by atoms with van der Waals surface area (Å²) in [5.74, 6) is -1.29. The molecule has 2 aromatic carbocycles. The zero-order valence-electron chi connectivity index (χ0n) is 13.6. The lowest BCUT2D eigenvalue weighted by atomic mass is 10.0. The van der Waals surface area contributed by atoms with Crippen molar-refractivity contribution in [3.05, 3.63) is 79.0 Å². The summed E-state index contributed by atoms with van der Waals surface area (Å²) in [5.41, 5.74) is 1.46.